The number of rotatable bonds is 4. The van der Waals surface area contributed by atoms with E-state index < -0.39 is 0 Å². The number of halogens is 1. The van der Waals surface area contributed by atoms with Crippen LogP contribution in [0.15, 0.2) is 79.0 Å². The molecule has 0 unspecified atom stereocenters. The van der Waals surface area contributed by atoms with Crippen LogP contribution in [0, 0.1) is 28.5 Å². The zero-order valence-corrected chi connectivity index (χ0v) is 15.5. The van der Waals surface area contributed by atoms with Gasteiger partial charge in [-0.15, -0.1) is 0 Å². The van der Waals surface area contributed by atoms with E-state index in [1.807, 2.05) is 60.8 Å². The van der Waals surface area contributed by atoms with Crippen LogP contribution in [0.5, 0.6) is 0 Å². The van der Waals surface area contributed by atoms with Gasteiger partial charge < -0.3 is 4.57 Å². The summed E-state index contributed by atoms with van der Waals surface area (Å²) < 4.78 is 15.3. The summed E-state index contributed by atoms with van der Waals surface area (Å²) in [6.07, 6.45) is 3.81. The largest absolute Gasteiger partial charge is 0.342 e. The van der Waals surface area contributed by atoms with E-state index in [1.165, 1.54) is 12.1 Å². The van der Waals surface area contributed by atoms with E-state index in [-0.39, 0.29) is 5.82 Å². The number of nitrogens with zero attached hydrogens (tertiary/aromatic N) is 3. The minimum Gasteiger partial charge on any atom is -0.342 e. The summed E-state index contributed by atoms with van der Waals surface area (Å²) in [5.74, 6) is -0.334. The van der Waals surface area contributed by atoms with Crippen molar-refractivity contribution in [3.05, 3.63) is 107 Å². The summed E-state index contributed by atoms with van der Waals surface area (Å²) in [5.41, 5.74) is 4.63. The number of hydrogen-bond acceptors (Lipinski definition) is 2. The van der Waals surface area contributed by atoms with E-state index in [4.69, 9.17) is 0 Å². The fourth-order valence-electron chi connectivity index (χ4n) is 3.44. The van der Waals surface area contributed by atoms with Crippen molar-refractivity contribution in [2.75, 3.05) is 0 Å². The average Bonchev–Trinajstić information content (AvgIpc) is 3.10. The molecule has 0 fully saturated rings. The number of fused-ring (bicyclic) bond motifs is 1. The molecule has 3 aromatic carbocycles. The van der Waals surface area contributed by atoms with Gasteiger partial charge in [-0.1, -0.05) is 48.5 Å². The normalized spacial score (nSPS) is 11.2. The Balaban J connectivity index is 1.81. The highest BCUT2D eigenvalue weighted by molar-refractivity contribution is 5.98. The van der Waals surface area contributed by atoms with Gasteiger partial charge in [-0.05, 0) is 41.5 Å². The van der Waals surface area contributed by atoms with E-state index >= 15 is 0 Å². The molecule has 0 spiro atoms. The van der Waals surface area contributed by atoms with Crippen molar-refractivity contribution in [2.45, 2.75) is 6.54 Å². The van der Waals surface area contributed by atoms with Gasteiger partial charge in [0.1, 0.15) is 5.82 Å². The fourth-order valence-corrected chi connectivity index (χ4v) is 3.44. The number of para-hydroxylation sites is 1. The molecule has 0 aliphatic rings. The third-order valence-corrected chi connectivity index (χ3v) is 4.87. The number of allylic oxidation sites excluding steroid dienone is 1. The highest BCUT2D eigenvalue weighted by Gasteiger charge is 2.10. The topological polar surface area (TPSA) is 52.5 Å². The summed E-state index contributed by atoms with van der Waals surface area (Å²) in [7, 11) is 0. The van der Waals surface area contributed by atoms with E-state index in [9.17, 15) is 14.9 Å². The van der Waals surface area contributed by atoms with E-state index in [2.05, 4.69) is 16.7 Å². The molecule has 1 heterocycles. The molecule has 0 saturated carbocycles. The van der Waals surface area contributed by atoms with Crippen molar-refractivity contribution in [1.29, 1.82) is 10.5 Å². The first-order valence-corrected chi connectivity index (χ1v) is 9.13. The lowest BCUT2D eigenvalue weighted by Gasteiger charge is -2.07. The molecule has 29 heavy (non-hydrogen) atoms. The maximum atomic E-state index is 13.2. The van der Waals surface area contributed by atoms with Crippen molar-refractivity contribution >= 4 is 22.6 Å². The van der Waals surface area contributed by atoms with Crippen LogP contribution in [-0.4, -0.2) is 4.57 Å². The van der Waals surface area contributed by atoms with Gasteiger partial charge in [-0.3, -0.25) is 0 Å². The van der Waals surface area contributed by atoms with Gasteiger partial charge in [0.05, 0.1) is 23.3 Å². The van der Waals surface area contributed by atoms with E-state index in [0.717, 1.165) is 22.0 Å². The molecular weight excluding hydrogens is 361 g/mol. The highest BCUT2D eigenvalue weighted by atomic mass is 19.1. The summed E-state index contributed by atoms with van der Waals surface area (Å²) in [6, 6.07) is 25.8. The lowest BCUT2D eigenvalue weighted by atomic mass is 10.0. The zero-order chi connectivity index (χ0) is 20.2. The molecule has 4 heteroatoms. The zero-order valence-electron chi connectivity index (χ0n) is 15.5. The third kappa shape index (κ3) is 3.65. The minimum atomic E-state index is -0.334. The van der Waals surface area contributed by atoms with Crippen molar-refractivity contribution in [1.82, 2.24) is 4.57 Å². The lowest BCUT2D eigenvalue weighted by molar-refractivity contribution is 0.627. The molecule has 0 amide bonds. The molecule has 1 aromatic heterocycles. The molecule has 3 nitrogen and oxygen atoms in total. The summed E-state index contributed by atoms with van der Waals surface area (Å²) in [6.45, 7) is 0.552. The fraction of sp³-hybridized carbons (Fsp3) is 0.0400. The molecule has 0 atom stereocenters. The summed E-state index contributed by atoms with van der Waals surface area (Å²) >= 11 is 0. The monoisotopic (exact) mass is 377 g/mol. The van der Waals surface area contributed by atoms with Crippen LogP contribution in [0.25, 0.3) is 22.6 Å². The minimum absolute atomic E-state index is 0.334. The maximum Gasteiger partial charge on any atom is 0.123 e. The maximum absolute atomic E-state index is 13.2. The van der Waals surface area contributed by atoms with E-state index in [1.54, 1.807) is 12.1 Å². The second kappa shape index (κ2) is 7.84. The predicted octanol–water partition coefficient (Wildman–Crippen LogP) is 5.76. The van der Waals surface area contributed by atoms with Crippen molar-refractivity contribution < 1.29 is 4.39 Å². The summed E-state index contributed by atoms with van der Waals surface area (Å²) in [5, 5.41) is 20.0. The predicted molar refractivity (Wildman–Crippen MR) is 112 cm³/mol. The number of benzene rings is 3. The molecule has 4 aromatic rings. The summed E-state index contributed by atoms with van der Waals surface area (Å²) in [4.78, 5) is 0. The van der Waals surface area contributed by atoms with E-state index in [0.29, 0.717) is 23.2 Å². The van der Waals surface area contributed by atoms with Crippen LogP contribution >= 0.6 is 0 Å². The van der Waals surface area contributed by atoms with Gasteiger partial charge in [0.2, 0.25) is 0 Å². The third-order valence-electron chi connectivity index (χ3n) is 4.87. The standard InChI is InChI=1S/C25H16FN3/c26-23-11-9-18(10-12-23)21(15-28)13-22-17-29(25-8-4-3-7-24(22)25)16-20-6-2-1-5-19(20)14-27/h1-13,17H,16H2/b21-13-. The Morgan fingerprint density at radius 1 is 0.931 bits per heavy atom. The number of nitriles is 2. The molecule has 0 aliphatic heterocycles. The highest BCUT2D eigenvalue weighted by Crippen LogP contribution is 2.27. The Labute approximate surface area is 168 Å². The second-order valence-corrected chi connectivity index (χ2v) is 6.68. The van der Waals surface area contributed by atoms with Crippen LogP contribution in [0.2, 0.25) is 0 Å². The Morgan fingerprint density at radius 3 is 2.41 bits per heavy atom. The quantitative estimate of drug-likeness (QED) is 0.424. The van der Waals surface area contributed by atoms with Gasteiger partial charge in [0.15, 0.2) is 0 Å². The van der Waals surface area contributed by atoms with Crippen molar-refractivity contribution in [2.24, 2.45) is 0 Å². The molecule has 0 bridgehead atoms. The van der Waals surface area contributed by atoms with Gasteiger partial charge >= 0.3 is 0 Å². The number of hydrogen-bond donors (Lipinski definition) is 0. The molecular formula is C25H16FN3. The molecule has 4 rings (SSSR count). The smallest absolute Gasteiger partial charge is 0.123 e. The van der Waals surface area contributed by atoms with Crippen molar-refractivity contribution in [3.8, 4) is 12.1 Å². The molecule has 0 N–H and O–H groups in total. The van der Waals surface area contributed by atoms with Gasteiger partial charge in [0, 0.05) is 29.2 Å². The first kappa shape index (κ1) is 18.2. The Bertz CT molecular complexity index is 1300. The molecule has 138 valence electrons. The van der Waals surface area contributed by atoms with Crippen LogP contribution in [0.1, 0.15) is 22.3 Å². The SMILES string of the molecule is N#C/C(=C/c1cn(Cc2ccccc2C#N)c2ccccc12)c1ccc(F)cc1. The lowest BCUT2D eigenvalue weighted by Crippen LogP contribution is -2.00. The van der Waals surface area contributed by atoms with Crippen LogP contribution in [0.3, 0.4) is 0 Å². The van der Waals surface area contributed by atoms with Gasteiger partial charge in [0.25, 0.3) is 0 Å². The van der Waals surface area contributed by atoms with Crippen LogP contribution in [-0.2, 0) is 6.54 Å². The van der Waals surface area contributed by atoms with Gasteiger partial charge in [-0.2, -0.15) is 10.5 Å². The Kier molecular flexibility index (Phi) is 4.93. The van der Waals surface area contributed by atoms with Crippen LogP contribution in [0.4, 0.5) is 4.39 Å². The first-order chi connectivity index (χ1) is 14.2. The van der Waals surface area contributed by atoms with Crippen LogP contribution < -0.4 is 0 Å². The second-order valence-electron chi connectivity index (χ2n) is 6.68. The Morgan fingerprint density at radius 2 is 1.66 bits per heavy atom. The first-order valence-electron chi connectivity index (χ1n) is 9.13. The molecule has 0 saturated heterocycles. The van der Waals surface area contributed by atoms with Gasteiger partial charge in [-0.25, -0.2) is 4.39 Å². The number of aromatic nitrogens is 1. The molecule has 0 aliphatic carbocycles. The molecule has 0 radical (unpaired) electrons. The Hall–Kier alpha value is -4.15. The van der Waals surface area contributed by atoms with Crippen molar-refractivity contribution in [3.63, 3.8) is 0 Å². The average molecular weight is 377 g/mol.